The summed E-state index contributed by atoms with van der Waals surface area (Å²) in [6.45, 7) is 8.43. The standard InChI is InChI=1S/C14H23NO2/c1-13(2)8-12(7-11-5-6-17-10-11)9-14(3,4)15(13)16/h5-6,10,12,16H,7-9H2,1-4H3. The molecule has 0 aliphatic carbocycles. The Balaban J connectivity index is 2.11. The van der Waals surface area contributed by atoms with Gasteiger partial charge in [0.1, 0.15) is 0 Å². The monoisotopic (exact) mass is 237 g/mol. The lowest BCUT2D eigenvalue weighted by molar-refractivity contribution is -0.250. The van der Waals surface area contributed by atoms with Crippen molar-refractivity contribution in [3.63, 3.8) is 0 Å². The molecule has 1 aromatic rings. The van der Waals surface area contributed by atoms with Crippen LogP contribution in [0, 0.1) is 5.92 Å². The highest BCUT2D eigenvalue weighted by Gasteiger charge is 2.44. The molecule has 1 aliphatic rings. The zero-order valence-electron chi connectivity index (χ0n) is 11.2. The first-order valence-electron chi connectivity index (χ1n) is 6.31. The van der Waals surface area contributed by atoms with Crippen LogP contribution in [0.2, 0.25) is 0 Å². The van der Waals surface area contributed by atoms with Crippen LogP contribution in [0.25, 0.3) is 0 Å². The summed E-state index contributed by atoms with van der Waals surface area (Å²) < 4.78 is 5.12. The second-order valence-electron chi connectivity index (χ2n) is 6.55. The Hall–Kier alpha value is -0.800. The normalized spacial score (nSPS) is 25.0. The first kappa shape index (κ1) is 12.7. The molecule has 3 nitrogen and oxygen atoms in total. The van der Waals surface area contributed by atoms with E-state index in [2.05, 4.69) is 27.7 Å². The highest BCUT2D eigenvalue weighted by atomic mass is 16.5. The van der Waals surface area contributed by atoms with Crippen molar-refractivity contribution in [2.45, 2.75) is 58.0 Å². The van der Waals surface area contributed by atoms with Crippen LogP contribution in [0.3, 0.4) is 0 Å². The summed E-state index contributed by atoms with van der Waals surface area (Å²) in [5.74, 6) is 0.598. The van der Waals surface area contributed by atoms with Crippen LogP contribution in [0.15, 0.2) is 23.0 Å². The second-order valence-corrected chi connectivity index (χ2v) is 6.55. The Kier molecular flexibility index (Phi) is 3.08. The fraction of sp³-hybridized carbons (Fsp3) is 0.714. The van der Waals surface area contributed by atoms with Crippen LogP contribution in [0.1, 0.15) is 46.1 Å². The number of rotatable bonds is 2. The van der Waals surface area contributed by atoms with E-state index in [4.69, 9.17) is 4.42 Å². The number of nitrogens with zero attached hydrogens (tertiary/aromatic N) is 1. The van der Waals surface area contributed by atoms with Crippen molar-refractivity contribution in [1.82, 2.24) is 5.06 Å². The van der Waals surface area contributed by atoms with Crippen LogP contribution < -0.4 is 0 Å². The molecule has 0 bridgehead atoms. The van der Waals surface area contributed by atoms with E-state index in [0.717, 1.165) is 19.3 Å². The fourth-order valence-corrected chi connectivity index (χ4v) is 3.36. The van der Waals surface area contributed by atoms with Gasteiger partial charge in [0.25, 0.3) is 0 Å². The lowest BCUT2D eigenvalue weighted by atomic mass is 9.73. The summed E-state index contributed by atoms with van der Waals surface area (Å²) in [6, 6.07) is 2.03. The predicted octanol–water partition coefficient (Wildman–Crippen LogP) is 3.48. The van der Waals surface area contributed by atoms with E-state index in [1.807, 2.05) is 12.3 Å². The Bertz CT molecular complexity index is 350. The van der Waals surface area contributed by atoms with Crippen LogP contribution in [-0.4, -0.2) is 21.3 Å². The van der Waals surface area contributed by atoms with Crippen LogP contribution in [-0.2, 0) is 6.42 Å². The molecule has 1 fully saturated rings. The summed E-state index contributed by atoms with van der Waals surface area (Å²) >= 11 is 0. The van der Waals surface area contributed by atoms with E-state index >= 15 is 0 Å². The summed E-state index contributed by atoms with van der Waals surface area (Å²) in [5.41, 5.74) is 0.944. The Morgan fingerprint density at radius 2 is 1.88 bits per heavy atom. The Morgan fingerprint density at radius 1 is 1.29 bits per heavy atom. The smallest absolute Gasteiger partial charge is 0.0934 e. The van der Waals surface area contributed by atoms with Crippen molar-refractivity contribution >= 4 is 0 Å². The molecule has 1 N–H and O–H groups in total. The van der Waals surface area contributed by atoms with Crippen LogP contribution >= 0.6 is 0 Å². The highest BCUT2D eigenvalue weighted by molar-refractivity contribution is 5.08. The summed E-state index contributed by atoms with van der Waals surface area (Å²) in [4.78, 5) is 0. The molecule has 0 atom stereocenters. The molecule has 1 saturated heterocycles. The number of hydrogen-bond donors (Lipinski definition) is 1. The third-order valence-corrected chi connectivity index (χ3v) is 3.83. The lowest BCUT2D eigenvalue weighted by Crippen LogP contribution is -2.59. The molecule has 0 spiro atoms. The number of piperidine rings is 1. The number of furan rings is 1. The molecule has 0 aromatic carbocycles. The van der Waals surface area contributed by atoms with Gasteiger partial charge in [-0.15, -0.1) is 0 Å². The summed E-state index contributed by atoms with van der Waals surface area (Å²) in [7, 11) is 0. The van der Waals surface area contributed by atoms with E-state index < -0.39 is 0 Å². The molecule has 1 aliphatic heterocycles. The fourth-order valence-electron chi connectivity index (χ4n) is 3.36. The lowest BCUT2D eigenvalue weighted by Gasteiger charge is -2.51. The molecular formula is C14H23NO2. The molecule has 3 heteroatoms. The van der Waals surface area contributed by atoms with Gasteiger partial charge in [0.05, 0.1) is 12.5 Å². The molecule has 0 radical (unpaired) electrons. The molecular weight excluding hydrogens is 214 g/mol. The van der Waals surface area contributed by atoms with Gasteiger partial charge in [0.2, 0.25) is 0 Å². The number of hydrogen-bond acceptors (Lipinski definition) is 3. The van der Waals surface area contributed by atoms with Crippen molar-refractivity contribution in [2.75, 3.05) is 0 Å². The van der Waals surface area contributed by atoms with Crippen molar-refractivity contribution < 1.29 is 9.62 Å². The minimum Gasteiger partial charge on any atom is -0.472 e. The topological polar surface area (TPSA) is 36.6 Å². The maximum absolute atomic E-state index is 10.2. The molecule has 0 saturated carbocycles. The van der Waals surface area contributed by atoms with Crippen molar-refractivity contribution in [2.24, 2.45) is 5.92 Å². The van der Waals surface area contributed by atoms with Gasteiger partial charge in [-0.3, -0.25) is 0 Å². The summed E-state index contributed by atoms with van der Waals surface area (Å²) in [6.07, 6.45) is 6.62. The van der Waals surface area contributed by atoms with Crippen LogP contribution in [0.5, 0.6) is 0 Å². The molecule has 17 heavy (non-hydrogen) atoms. The average Bonchev–Trinajstić information content (AvgIpc) is 2.65. The van der Waals surface area contributed by atoms with Gasteiger partial charge in [-0.05, 0) is 64.5 Å². The first-order valence-corrected chi connectivity index (χ1v) is 6.31. The quantitative estimate of drug-likeness (QED) is 0.855. The van der Waals surface area contributed by atoms with Crippen LogP contribution in [0.4, 0.5) is 0 Å². The van der Waals surface area contributed by atoms with Gasteiger partial charge in [0.15, 0.2) is 0 Å². The largest absolute Gasteiger partial charge is 0.472 e. The van der Waals surface area contributed by atoms with Crippen molar-refractivity contribution in [1.29, 1.82) is 0 Å². The minimum absolute atomic E-state index is 0.157. The maximum Gasteiger partial charge on any atom is 0.0934 e. The van der Waals surface area contributed by atoms with E-state index in [1.54, 1.807) is 6.26 Å². The predicted molar refractivity (Wildman–Crippen MR) is 66.9 cm³/mol. The maximum atomic E-state index is 10.2. The first-order chi connectivity index (χ1) is 7.81. The van der Waals surface area contributed by atoms with Gasteiger partial charge in [-0.2, -0.15) is 5.06 Å². The number of hydroxylamine groups is 2. The Labute approximate surface area is 103 Å². The van der Waals surface area contributed by atoms with E-state index in [-0.39, 0.29) is 11.1 Å². The van der Waals surface area contributed by atoms with Crippen molar-refractivity contribution in [3.05, 3.63) is 24.2 Å². The van der Waals surface area contributed by atoms with Gasteiger partial charge in [0, 0.05) is 11.1 Å². The van der Waals surface area contributed by atoms with Gasteiger partial charge in [-0.25, -0.2) is 0 Å². The van der Waals surface area contributed by atoms with E-state index in [1.165, 1.54) is 10.6 Å². The minimum atomic E-state index is -0.157. The zero-order chi connectivity index (χ0) is 12.7. The van der Waals surface area contributed by atoms with Gasteiger partial charge in [-0.1, -0.05) is 0 Å². The highest BCUT2D eigenvalue weighted by Crippen LogP contribution is 2.41. The molecule has 96 valence electrons. The van der Waals surface area contributed by atoms with Crippen molar-refractivity contribution in [3.8, 4) is 0 Å². The third kappa shape index (κ3) is 2.55. The summed E-state index contributed by atoms with van der Waals surface area (Å²) in [5, 5.41) is 11.8. The molecule has 0 unspecified atom stereocenters. The molecule has 0 amide bonds. The molecule has 2 heterocycles. The molecule has 1 aromatic heterocycles. The Morgan fingerprint density at radius 3 is 2.35 bits per heavy atom. The SMILES string of the molecule is CC1(C)CC(Cc2ccoc2)CC(C)(C)N1O. The zero-order valence-corrected chi connectivity index (χ0v) is 11.2. The second kappa shape index (κ2) is 4.14. The van der Waals surface area contributed by atoms with Gasteiger partial charge < -0.3 is 9.62 Å². The van der Waals surface area contributed by atoms with Gasteiger partial charge >= 0.3 is 0 Å². The molecule has 2 rings (SSSR count). The average molecular weight is 237 g/mol. The third-order valence-electron chi connectivity index (χ3n) is 3.83. The van der Waals surface area contributed by atoms with E-state index in [0.29, 0.717) is 5.92 Å². The van der Waals surface area contributed by atoms with E-state index in [9.17, 15) is 5.21 Å².